The van der Waals surface area contributed by atoms with Crippen molar-refractivity contribution >= 4 is 5.97 Å². The molecule has 0 N–H and O–H groups in total. The van der Waals surface area contributed by atoms with E-state index in [0.29, 0.717) is 0 Å². The van der Waals surface area contributed by atoms with Gasteiger partial charge >= 0.3 is 5.97 Å². The molecule has 0 radical (unpaired) electrons. The van der Waals surface area contributed by atoms with E-state index in [1.165, 1.54) is 84.2 Å². The Hall–Kier alpha value is -0.790. The van der Waals surface area contributed by atoms with E-state index in [4.69, 9.17) is 4.74 Å². The minimum Gasteiger partial charge on any atom is -0.469 e. The van der Waals surface area contributed by atoms with Crippen molar-refractivity contribution in [2.24, 2.45) is 35.5 Å². The quantitative estimate of drug-likeness (QED) is 0.372. The molecule has 0 unspecified atom stereocenters. The number of hydrogen-bond donors (Lipinski definition) is 0. The molecule has 0 aliphatic heterocycles. The summed E-state index contributed by atoms with van der Waals surface area (Å²) in [6.45, 7) is 2.14. The Morgan fingerprint density at radius 3 is 1.67 bits per heavy atom. The van der Waals surface area contributed by atoms with E-state index >= 15 is 0 Å². The fourth-order valence-corrected chi connectivity index (χ4v) is 6.53. The Morgan fingerprint density at radius 2 is 1.22 bits per heavy atom. The Morgan fingerprint density at radius 1 is 0.778 bits per heavy atom. The van der Waals surface area contributed by atoms with Crippen LogP contribution in [0.15, 0.2) is 12.2 Å². The van der Waals surface area contributed by atoms with Crippen LogP contribution < -0.4 is 0 Å². The molecule has 0 aromatic heterocycles. The zero-order chi connectivity index (χ0) is 19.1. The molecule has 3 saturated carbocycles. The molecular formula is C25H42O2. The van der Waals surface area contributed by atoms with Crippen LogP contribution in [-0.2, 0) is 9.53 Å². The SMILES string of the molecule is C/C=C/CC[C@H]1CC[C@H](C2CCC([C@H]3CC[C@H](C(=O)OC)CC3)CC2)CC1. The van der Waals surface area contributed by atoms with Crippen molar-refractivity contribution in [1.29, 1.82) is 0 Å². The number of rotatable bonds is 6. The van der Waals surface area contributed by atoms with Gasteiger partial charge in [0.2, 0.25) is 0 Å². The lowest BCUT2D eigenvalue weighted by atomic mass is 9.65. The lowest BCUT2D eigenvalue weighted by Gasteiger charge is -2.41. The first kappa shape index (κ1) is 20.9. The maximum absolute atomic E-state index is 11.7. The van der Waals surface area contributed by atoms with Crippen molar-refractivity contribution in [3.8, 4) is 0 Å². The van der Waals surface area contributed by atoms with Crippen LogP contribution in [0.4, 0.5) is 0 Å². The predicted molar refractivity (Wildman–Crippen MR) is 112 cm³/mol. The average Bonchev–Trinajstić information content (AvgIpc) is 2.74. The van der Waals surface area contributed by atoms with Gasteiger partial charge in [-0.15, -0.1) is 0 Å². The van der Waals surface area contributed by atoms with Gasteiger partial charge in [-0.2, -0.15) is 0 Å². The molecule has 0 aromatic rings. The van der Waals surface area contributed by atoms with Gasteiger partial charge in [0.25, 0.3) is 0 Å². The zero-order valence-electron chi connectivity index (χ0n) is 17.8. The average molecular weight is 375 g/mol. The summed E-state index contributed by atoms with van der Waals surface area (Å²) in [5.74, 6) is 5.08. The summed E-state index contributed by atoms with van der Waals surface area (Å²) in [7, 11) is 1.53. The second kappa shape index (κ2) is 10.7. The molecule has 0 spiro atoms. The summed E-state index contributed by atoms with van der Waals surface area (Å²) in [5.41, 5.74) is 0. The van der Waals surface area contributed by atoms with Crippen LogP contribution in [0.3, 0.4) is 0 Å². The van der Waals surface area contributed by atoms with Crippen LogP contribution in [0.25, 0.3) is 0 Å². The molecule has 2 heteroatoms. The molecule has 0 amide bonds. The van der Waals surface area contributed by atoms with Gasteiger partial charge in [0.15, 0.2) is 0 Å². The predicted octanol–water partition coefficient (Wildman–Crippen LogP) is 6.93. The van der Waals surface area contributed by atoms with E-state index < -0.39 is 0 Å². The third-order valence-corrected chi connectivity index (χ3v) is 8.32. The van der Waals surface area contributed by atoms with Gasteiger partial charge < -0.3 is 4.74 Å². The summed E-state index contributed by atoms with van der Waals surface area (Å²) < 4.78 is 4.94. The van der Waals surface area contributed by atoms with Gasteiger partial charge in [0, 0.05) is 0 Å². The molecule has 0 saturated heterocycles. The molecule has 3 fully saturated rings. The van der Waals surface area contributed by atoms with E-state index in [9.17, 15) is 4.79 Å². The lowest BCUT2D eigenvalue weighted by molar-refractivity contribution is -0.147. The fourth-order valence-electron chi connectivity index (χ4n) is 6.53. The van der Waals surface area contributed by atoms with Crippen molar-refractivity contribution in [3.63, 3.8) is 0 Å². The Kier molecular flexibility index (Phi) is 8.27. The molecule has 0 aromatic carbocycles. The summed E-state index contributed by atoms with van der Waals surface area (Å²) >= 11 is 0. The third kappa shape index (κ3) is 5.84. The van der Waals surface area contributed by atoms with Crippen LogP contribution >= 0.6 is 0 Å². The maximum atomic E-state index is 11.7. The van der Waals surface area contributed by atoms with Gasteiger partial charge in [-0.1, -0.05) is 25.0 Å². The van der Waals surface area contributed by atoms with Crippen molar-refractivity contribution in [3.05, 3.63) is 12.2 Å². The maximum Gasteiger partial charge on any atom is 0.308 e. The highest BCUT2D eigenvalue weighted by atomic mass is 16.5. The first-order valence-electron chi connectivity index (χ1n) is 11.9. The van der Waals surface area contributed by atoms with Crippen LogP contribution in [-0.4, -0.2) is 13.1 Å². The molecule has 27 heavy (non-hydrogen) atoms. The second-order valence-corrected chi connectivity index (χ2v) is 9.74. The monoisotopic (exact) mass is 374 g/mol. The van der Waals surface area contributed by atoms with E-state index in [2.05, 4.69) is 19.1 Å². The number of esters is 1. The molecule has 154 valence electrons. The minimum atomic E-state index is 0.0264. The van der Waals surface area contributed by atoms with Crippen molar-refractivity contribution in [2.45, 2.75) is 96.8 Å². The van der Waals surface area contributed by atoms with Crippen LogP contribution in [0.1, 0.15) is 96.8 Å². The molecule has 0 heterocycles. The van der Waals surface area contributed by atoms with Crippen molar-refractivity contribution in [2.75, 3.05) is 7.11 Å². The first-order chi connectivity index (χ1) is 13.2. The highest BCUT2D eigenvalue weighted by molar-refractivity contribution is 5.72. The van der Waals surface area contributed by atoms with Gasteiger partial charge in [-0.25, -0.2) is 0 Å². The Balaban J connectivity index is 1.34. The van der Waals surface area contributed by atoms with Crippen LogP contribution in [0.5, 0.6) is 0 Å². The molecule has 0 atom stereocenters. The van der Waals surface area contributed by atoms with Crippen molar-refractivity contribution in [1.82, 2.24) is 0 Å². The number of methoxy groups -OCH3 is 1. The number of carbonyl (C=O) groups excluding carboxylic acids is 1. The number of carbonyl (C=O) groups is 1. The second-order valence-electron chi connectivity index (χ2n) is 9.74. The number of hydrogen-bond acceptors (Lipinski definition) is 2. The highest BCUT2D eigenvalue weighted by Crippen LogP contribution is 2.46. The van der Waals surface area contributed by atoms with Crippen LogP contribution in [0, 0.1) is 35.5 Å². The fraction of sp³-hybridized carbons (Fsp3) is 0.880. The zero-order valence-corrected chi connectivity index (χ0v) is 17.8. The Labute approximate surface area is 167 Å². The van der Waals surface area contributed by atoms with Gasteiger partial charge in [0.1, 0.15) is 0 Å². The van der Waals surface area contributed by atoms with E-state index in [0.717, 1.165) is 42.4 Å². The van der Waals surface area contributed by atoms with E-state index in [1.807, 2.05) is 0 Å². The summed E-state index contributed by atoms with van der Waals surface area (Å²) in [5, 5.41) is 0. The van der Waals surface area contributed by atoms with E-state index in [1.54, 1.807) is 0 Å². The largest absolute Gasteiger partial charge is 0.469 e. The topological polar surface area (TPSA) is 26.3 Å². The lowest BCUT2D eigenvalue weighted by Crippen LogP contribution is -2.31. The van der Waals surface area contributed by atoms with Crippen LogP contribution in [0.2, 0.25) is 0 Å². The normalized spacial score (nSPS) is 38.0. The van der Waals surface area contributed by atoms with Crippen molar-refractivity contribution < 1.29 is 9.53 Å². The standard InChI is InChI=1S/C25H42O2/c1-3-4-5-6-19-7-9-20(10-8-19)21-11-13-22(14-12-21)23-15-17-24(18-16-23)25(26)27-2/h3-4,19-24H,5-18H2,1-2H3/b4-3+/t19-,20-,21?,22?,23-,24-. The van der Waals surface area contributed by atoms with Gasteiger partial charge in [-0.3, -0.25) is 4.79 Å². The van der Waals surface area contributed by atoms with Gasteiger partial charge in [-0.05, 0) is 114 Å². The molecule has 3 aliphatic rings. The molecule has 2 nitrogen and oxygen atoms in total. The molecule has 3 aliphatic carbocycles. The smallest absolute Gasteiger partial charge is 0.308 e. The molecular weight excluding hydrogens is 332 g/mol. The third-order valence-electron chi connectivity index (χ3n) is 8.32. The summed E-state index contributed by atoms with van der Waals surface area (Å²) in [6, 6.07) is 0. The number of ether oxygens (including phenoxy) is 1. The first-order valence-corrected chi connectivity index (χ1v) is 11.9. The minimum absolute atomic E-state index is 0.0264. The summed E-state index contributed by atoms with van der Waals surface area (Å²) in [6.07, 6.45) is 23.7. The number of allylic oxidation sites excluding steroid dienone is 2. The van der Waals surface area contributed by atoms with Gasteiger partial charge in [0.05, 0.1) is 13.0 Å². The molecule has 3 rings (SSSR count). The highest BCUT2D eigenvalue weighted by Gasteiger charge is 2.35. The molecule has 0 bridgehead atoms. The Bertz CT molecular complexity index is 459. The summed E-state index contributed by atoms with van der Waals surface area (Å²) in [4.78, 5) is 11.7. The van der Waals surface area contributed by atoms with E-state index in [-0.39, 0.29) is 11.9 Å².